The van der Waals surface area contributed by atoms with Gasteiger partial charge in [0.05, 0.1) is 0 Å². The molecule has 0 aliphatic carbocycles. The van der Waals surface area contributed by atoms with Crippen molar-refractivity contribution in [3.05, 3.63) is 34.4 Å². The predicted octanol–water partition coefficient (Wildman–Crippen LogP) is 2.77. The third-order valence-electron chi connectivity index (χ3n) is 2.76. The molecule has 1 aliphatic heterocycles. The smallest absolute Gasteiger partial charge is 0.160 e. The summed E-state index contributed by atoms with van der Waals surface area (Å²) in [4.78, 5) is 0. The van der Waals surface area contributed by atoms with Crippen LogP contribution in [0.1, 0.15) is 12.0 Å². The van der Waals surface area contributed by atoms with Crippen LogP contribution >= 0.6 is 11.6 Å². The Morgan fingerprint density at radius 1 is 1.33 bits per heavy atom. The predicted molar refractivity (Wildman–Crippen MR) is 56.0 cm³/mol. The van der Waals surface area contributed by atoms with Crippen molar-refractivity contribution in [2.75, 3.05) is 13.1 Å². The molecule has 1 nitrogen and oxygen atoms in total. The maximum absolute atomic E-state index is 13.0. The molecule has 82 valence electrons. The molecule has 1 atom stereocenters. The Balaban J connectivity index is 2.16. The van der Waals surface area contributed by atoms with Crippen LogP contribution in [-0.4, -0.2) is 13.1 Å². The zero-order valence-corrected chi connectivity index (χ0v) is 8.95. The molecule has 0 amide bonds. The SMILES string of the molecule is Fc1cc(Cl)c(CC2CCNC2)cc1F. The maximum Gasteiger partial charge on any atom is 0.160 e. The lowest BCUT2D eigenvalue weighted by Gasteiger charge is -2.10. The van der Waals surface area contributed by atoms with E-state index < -0.39 is 11.6 Å². The highest BCUT2D eigenvalue weighted by Gasteiger charge is 2.17. The highest BCUT2D eigenvalue weighted by atomic mass is 35.5. The van der Waals surface area contributed by atoms with Crippen molar-refractivity contribution in [3.63, 3.8) is 0 Å². The van der Waals surface area contributed by atoms with Crippen LogP contribution in [0.25, 0.3) is 0 Å². The zero-order valence-electron chi connectivity index (χ0n) is 8.19. The summed E-state index contributed by atoms with van der Waals surface area (Å²) >= 11 is 5.85. The van der Waals surface area contributed by atoms with Crippen molar-refractivity contribution >= 4 is 11.6 Å². The molecule has 0 aromatic heterocycles. The van der Waals surface area contributed by atoms with E-state index in [9.17, 15) is 8.78 Å². The van der Waals surface area contributed by atoms with Crippen molar-refractivity contribution in [2.24, 2.45) is 5.92 Å². The molecule has 1 aliphatic rings. The van der Waals surface area contributed by atoms with E-state index in [1.165, 1.54) is 6.07 Å². The second-order valence-corrected chi connectivity index (χ2v) is 4.33. The lowest BCUT2D eigenvalue weighted by molar-refractivity contribution is 0.503. The van der Waals surface area contributed by atoms with E-state index in [1.54, 1.807) is 0 Å². The van der Waals surface area contributed by atoms with Gasteiger partial charge in [-0.15, -0.1) is 0 Å². The first-order valence-electron chi connectivity index (χ1n) is 5.01. The van der Waals surface area contributed by atoms with Gasteiger partial charge in [-0.1, -0.05) is 11.6 Å². The normalized spacial score (nSPS) is 20.9. The van der Waals surface area contributed by atoms with Crippen LogP contribution < -0.4 is 5.32 Å². The van der Waals surface area contributed by atoms with Crippen LogP contribution in [-0.2, 0) is 6.42 Å². The molecule has 0 spiro atoms. The Bertz CT molecular complexity index is 362. The van der Waals surface area contributed by atoms with Crippen LogP contribution in [0.3, 0.4) is 0 Å². The monoisotopic (exact) mass is 231 g/mol. The van der Waals surface area contributed by atoms with Crippen molar-refractivity contribution in [1.82, 2.24) is 5.32 Å². The summed E-state index contributed by atoms with van der Waals surface area (Å²) < 4.78 is 25.8. The summed E-state index contributed by atoms with van der Waals surface area (Å²) in [5.74, 6) is -1.22. The van der Waals surface area contributed by atoms with Gasteiger partial charge in [-0.2, -0.15) is 0 Å². The first kappa shape index (κ1) is 10.8. The average Bonchev–Trinajstić information content (AvgIpc) is 2.67. The summed E-state index contributed by atoms with van der Waals surface area (Å²) in [6.45, 7) is 1.92. The van der Waals surface area contributed by atoms with Crippen LogP contribution in [0.5, 0.6) is 0 Å². The minimum atomic E-state index is -0.881. The van der Waals surface area contributed by atoms with E-state index in [0.29, 0.717) is 22.9 Å². The summed E-state index contributed by atoms with van der Waals surface area (Å²) in [6, 6.07) is 2.25. The molecule has 4 heteroatoms. The number of nitrogens with one attached hydrogen (secondary N) is 1. The second-order valence-electron chi connectivity index (χ2n) is 3.92. The van der Waals surface area contributed by atoms with Crippen molar-refractivity contribution in [2.45, 2.75) is 12.8 Å². The van der Waals surface area contributed by atoms with Gasteiger partial charge < -0.3 is 5.32 Å². The molecule has 15 heavy (non-hydrogen) atoms. The first-order chi connectivity index (χ1) is 7.16. The van der Waals surface area contributed by atoms with E-state index in [0.717, 1.165) is 25.6 Å². The molecule has 0 saturated carbocycles. The Morgan fingerprint density at radius 2 is 2.07 bits per heavy atom. The van der Waals surface area contributed by atoms with Crippen LogP contribution in [0.4, 0.5) is 8.78 Å². The average molecular weight is 232 g/mol. The lowest BCUT2D eigenvalue weighted by Crippen LogP contribution is -2.11. The Morgan fingerprint density at radius 3 is 2.73 bits per heavy atom. The number of halogens is 3. The molecule has 1 aromatic carbocycles. The molecule has 1 fully saturated rings. The van der Waals surface area contributed by atoms with Gasteiger partial charge in [-0.3, -0.25) is 0 Å². The zero-order chi connectivity index (χ0) is 10.8. The van der Waals surface area contributed by atoms with Gasteiger partial charge in [-0.05, 0) is 49.5 Å². The van der Waals surface area contributed by atoms with Crippen molar-refractivity contribution in [1.29, 1.82) is 0 Å². The van der Waals surface area contributed by atoms with Gasteiger partial charge in [0.25, 0.3) is 0 Å². The van der Waals surface area contributed by atoms with E-state index in [4.69, 9.17) is 11.6 Å². The maximum atomic E-state index is 13.0. The molecule has 1 N–H and O–H groups in total. The van der Waals surface area contributed by atoms with Crippen LogP contribution in [0, 0.1) is 17.6 Å². The van der Waals surface area contributed by atoms with E-state index in [-0.39, 0.29) is 0 Å². The third-order valence-corrected chi connectivity index (χ3v) is 3.11. The Kier molecular flexibility index (Phi) is 3.22. The Hall–Kier alpha value is -0.670. The van der Waals surface area contributed by atoms with Gasteiger partial charge in [0, 0.05) is 5.02 Å². The quantitative estimate of drug-likeness (QED) is 0.772. The molecule has 0 bridgehead atoms. The molecule has 1 unspecified atom stereocenters. The van der Waals surface area contributed by atoms with Gasteiger partial charge in [-0.25, -0.2) is 8.78 Å². The minimum Gasteiger partial charge on any atom is -0.316 e. The van der Waals surface area contributed by atoms with E-state index >= 15 is 0 Å². The Labute approximate surface area is 92.4 Å². The van der Waals surface area contributed by atoms with Gasteiger partial charge >= 0.3 is 0 Å². The summed E-state index contributed by atoms with van der Waals surface area (Å²) in [6.07, 6.45) is 1.78. The fourth-order valence-corrected chi connectivity index (χ4v) is 2.15. The first-order valence-corrected chi connectivity index (χ1v) is 5.39. The van der Waals surface area contributed by atoms with Crippen molar-refractivity contribution < 1.29 is 8.78 Å². The highest BCUT2D eigenvalue weighted by molar-refractivity contribution is 6.31. The molecule has 2 rings (SSSR count). The summed E-state index contributed by atoms with van der Waals surface area (Å²) in [7, 11) is 0. The molecule has 1 aromatic rings. The van der Waals surface area contributed by atoms with Gasteiger partial charge in [0.2, 0.25) is 0 Å². The summed E-state index contributed by atoms with van der Waals surface area (Å²) in [5.41, 5.74) is 0.698. The van der Waals surface area contributed by atoms with E-state index in [1.807, 2.05) is 0 Å². The number of hydrogen-bond acceptors (Lipinski definition) is 1. The molecular weight excluding hydrogens is 220 g/mol. The fourth-order valence-electron chi connectivity index (χ4n) is 1.92. The summed E-state index contributed by atoms with van der Waals surface area (Å²) in [5, 5.41) is 3.55. The highest BCUT2D eigenvalue weighted by Crippen LogP contribution is 2.24. The second kappa shape index (κ2) is 4.45. The molecular formula is C11H12ClF2N. The fraction of sp³-hybridized carbons (Fsp3) is 0.455. The van der Waals surface area contributed by atoms with Crippen LogP contribution in [0.2, 0.25) is 5.02 Å². The molecule has 1 saturated heterocycles. The third kappa shape index (κ3) is 2.47. The molecule has 1 heterocycles. The largest absolute Gasteiger partial charge is 0.316 e. The van der Waals surface area contributed by atoms with Crippen molar-refractivity contribution in [3.8, 4) is 0 Å². The molecule has 0 radical (unpaired) electrons. The topological polar surface area (TPSA) is 12.0 Å². The van der Waals surface area contributed by atoms with Gasteiger partial charge in [0.15, 0.2) is 11.6 Å². The standard InChI is InChI=1S/C11H12ClF2N/c12-9-5-11(14)10(13)4-8(9)3-7-1-2-15-6-7/h4-5,7,15H,1-3,6H2. The van der Waals surface area contributed by atoms with Gasteiger partial charge in [0.1, 0.15) is 0 Å². The number of benzene rings is 1. The number of hydrogen-bond donors (Lipinski definition) is 1. The number of rotatable bonds is 2. The van der Waals surface area contributed by atoms with Crippen LogP contribution in [0.15, 0.2) is 12.1 Å². The lowest BCUT2D eigenvalue weighted by atomic mass is 9.98. The van der Waals surface area contributed by atoms with E-state index in [2.05, 4.69) is 5.32 Å². The minimum absolute atomic E-state index is 0.320.